The molecule has 2 fully saturated rings. The normalized spacial score (nSPS) is 23.7. The minimum absolute atomic E-state index is 0.0398. The highest BCUT2D eigenvalue weighted by Crippen LogP contribution is 2.37. The van der Waals surface area contributed by atoms with Crippen molar-refractivity contribution in [3.63, 3.8) is 0 Å². The standard InChI is InChI=1S/C23H25F2N5O2/c1-14-19(24)10-18(11-26-14)21-6-7-32-30(21)23(31)17-4-2-15(3-5-17)8-16-9-20(25)22-27-13-28-29(22)12-16/h9-13,15,17,21H,2-8H2,1H3/t15?,17?,21-/m0/s1. The lowest BCUT2D eigenvalue weighted by Gasteiger charge is -2.32. The average Bonchev–Trinajstić information content (AvgIpc) is 3.46. The largest absolute Gasteiger partial charge is 0.272 e. The maximum Gasteiger partial charge on any atom is 0.249 e. The molecule has 5 rings (SSSR count). The number of hydrogen-bond acceptors (Lipinski definition) is 5. The zero-order chi connectivity index (χ0) is 22.2. The molecule has 0 radical (unpaired) electrons. The number of halogens is 2. The predicted octanol–water partition coefficient (Wildman–Crippen LogP) is 3.97. The fraction of sp³-hybridized carbons (Fsp3) is 0.478. The lowest BCUT2D eigenvalue weighted by atomic mass is 9.79. The molecule has 4 heterocycles. The highest BCUT2D eigenvalue weighted by molar-refractivity contribution is 5.78. The van der Waals surface area contributed by atoms with Gasteiger partial charge in [-0.05, 0) is 68.2 Å². The highest BCUT2D eigenvalue weighted by atomic mass is 19.1. The summed E-state index contributed by atoms with van der Waals surface area (Å²) in [4.78, 5) is 26.8. The summed E-state index contributed by atoms with van der Waals surface area (Å²) >= 11 is 0. The zero-order valence-corrected chi connectivity index (χ0v) is 17.9. The van der Waals surface area contributed by atoms with Crippen LogP contribution < -0.4 is 0 Å². The number of nitrogens with zero attached hydrogens (tertiary/aromatic N) is 5. The molecule has 0 N–H and O–H groups in total. The van der Waals surface area contributed by atoms with Gasteiger partial charge in [0.25, 0.3) is 0 Å². The first-order valence-corrected chi connectivity index (χ1v) is 11.1. The first-order valence-electron chi connectivity index (χ1n) is 11.1. The van der Waals surface area contributed by atoms with Gasteiger partial charge in [0.05, 0.1) is 18.3 Å². The zero-order valence-electron chi connectivity index (χ0n) is 17.9. The van der Waals surface area contributed by atoms with E-state index in [2.05, 4.69) is 15.1 Å². The molecule has 0 aromatic carbocycles. The Bertz CT molecular complexity index is 1140. The minimum Gasteiger partial charge on any atom is -0.272 e. The molecule has 0 unspecified atom stereocenters. The Morgan fingerprint density at radius 2 is 1.94 bits per heavy atom. The lowest BCUT2D eigenvalue weighted by Crippen LogP contribution is -2.36. The summed E-state index contributed by atoms with van der Waals surface area (Å²) in [5, 5.41) is 5.46. The first-order chi connectivity index (χ1) is 15.5. The van der Waals surface area contributed by atoms with E-state index < -0.39 is 0 Å². The quantitative estimate of drug-likeness (QED) is 0.613. The van der Waals surface area contributed by atoms with Crippen LogP contribution >= 0.6 is 0 Å². The molecule has 1 saturated heterocycles. The first kappa shape index (κ1) is 20.9. The molecule has 1 amide bonds. The Hall–Kier alpha value is -2.94. The van der Waals surface area contributed by atoms with Gasteiger partial charge >= 0.3 is 0 Å². The maximum atomic E-state index is 14.2. The molecular formula is C23H25F2N5O2. The number of carbonyl (C=O) groups is 1. The third-order valence-electron chi connectivity index (χ3n) is 6.66. The van der Waals surface area contributed by atoms with E-state index >= 15 is 0 Å². The maximum absolute atomic E-state index is 14.2. The van der Waals surface area contributed by atoms with E-state index in [0.29, 0.717) is 30.2 Å². The average molecular weight is 441 g/mol. The van der Waals surface area contributed by atoms with Crippen LogP contribution in [0.25, 0.3) is 5.65 Å². The Morgan fingerprint density at radius 1 is 1.12 bits per heavy atom. The number of rotatable bonds is 4. The Morgan fingerprint density at radius 3 is 2.72 bits per heavy atom. The van der Waals surface area contributed by atoms with Gasteiger partial charge < -0.3 is 0 Å². The smallest absolute Gasteiger partial charge is 0.249 e. The van der Waals surface area contributed by atoms with Crippen LogP contribution in [-0.2, 0) is 16.1 Å². The summed E-state index contributed by atoms with van der Waals surface area (Å²) in [6, 6.07) is 2.67. The molecule has 1 saturated carbocycles. The van der Waals surface area contributed by atoms with Crippen molar-refractivity contribution in [2.45, 2.75) is 51.5 Å². The van der Waals surface area contributed by atoms with E-state index in [0.717, 1.165) is 37.7 Å². The van der Waals surface area contributed by atoms with Crippen LogP contribution in [0.4, 0.5) is 8.78 Å². The van der Waals surface area contributed by atoms with Gasteiger partial charge in [-0.3, -0.25) is 14.6 Å². The number of fused-ring (bicyclic) bond motifs is 1. The number of pyridine rings is 2. The third-order valence-corrected chi connectivity index (χ3v) is 6.66. The lowest BCUT2D eigenvalue weighted by molar-refractivity contribution is -0.183. The van der Waals surface area contributed by atoms with Crippen molar-refractivity contribution in [3.05, 3.63) is 59.3 Å². The molecule has 3 aromatic rings. The Kier molecular flexibility index (Phi) is 5.58. The second kappa shape index (κ2) is 8.54. The van der Waals surface area contributed by atoms with Gasteiger partial charge in [-0.2, -0.15) is 5.10 Å². The van der Waals surface area contributed by atoms with E-state index in [1.54, 1.807) is 13.1 Å². The molecule has 0 spiro atoms. The molecular weight excluding hydrogens is 416 g/mol. The van der Waals surface area contributed by atoms with Crippen LogP contribution in [0.5, 0.6) is 0 Å². The fourth-order valence-corrected chi connectivity index (χ4v) is 4.87. The molecule has 1 atom stereocenters. The summed E-state index contributed by atoms with van der Waals surface area (Å²) in [7, 11) is 0. The van der Waals surface area contributed by atoms with Gasteiger partial charge in [-0.25, -0.2) is 23.3 Å². The van der Waals surface area contributed by atoms with Gasteiger partial charge in [-0.15, -0.1) is 0 Å². The summed E-state index contributed by atoms with van der Waals surface area (Å²) in [6.07, 6.45) is 9.43. The van der Waals surface area contributed by atoms with Gasteiger partial charge in [0.15, 0.2) is 11.5 Å². The van der Waals surface area contributed by atoms with Crippen molar-refractivity contribution in [1.29, 1.82) is 0 Å². The number of aromatic nitrogens is 4. The molecule has 168 valence electrons. The van der Waals surface area contributed by atoms with Crippen LogP contribution in [0, 0.1) is 30.4 Å². The number of hydrogen-bond donors (Lipinski definition) is 0. The number of aryl methyl sites for hydroxylation is 1. The third kappa shape index (κ3) is 3.97. The molecule has 9 heteroatoms. The summed E-state index contributed by atoms with van der Waals surface area (Å²) < 4.78 is 29.6. The number of hydroxylamine groups is 2. The number of amides is 1. The topological polar surface area (TPSA) is 72.6 Å². The van der Waals surface area contributed by atoms with Gasteiger partial charge in [0.1, 0.15) is 12.1 Å². The van der Waals surface area contributed by atoms with Crippen LogP contribution in [0.2, 0.25) is 0 Å². The van der Waals surface area contributed by atoms with Gasteiger partial charge in [0.2, 0.25) is 5.91 Å². The molecule has 0 bridgehead atoms. The van der Waals surface area contributed by atoms with Gasteiger partial charge in [-0.1, -0.05) is 0 Å². The monoisotopic (exact) mass is 441 g/mol. The van der Waals surface area contributed by atoms with Crippen LogP contribution in [0.3, 0.4) is 0 Å². The van der Waals surface area contributed by atoms with E-state index in [9.17, 15) is 13.6 Å². The van der Waals surface area contributed by atoms with Crippen molar-refractivity contribution < 1.29 is 18.4 Å². The fourth-order valence-electron chi connectivity index (χ4n) is 4.87. The van der Waals surface area contributed by atoms with Crippen LogP contribution in [-0.4, -0.2) is 37.2 Å². The second-order valence-electron chi connectivity index (χ2n) is 8.78. The van der Waals surface area contributed by atoms with Crippen molar-refractivity contribution in [2.24, 2.45) is 11.8 Å². The van der Waals surface area contributed by atoms with Crippen LogP contribution in [0.1, 0.15) is 55.0 Å². The summed E-state index contributed by atoms with van der Waals surface area (Å²) in [5.41, 5.74) is 2.11. The van der Waals surface area contributed by atoms with Gasteiger partial charge in [0, 0.05) is 24.7 Å². The van der Waals surface area contributed by atoms with Crippen molar-refractivity contribution in [1.82, 2.24) is 24.6 Å². The van der Waals surface area contributed by atoms with E-state index in [1.165, 1.54) is 28.0 Å². The Labute approximate surface area is 184 Å². The number of carbonyl (C=O) groups excluding carboxylic acids is 1. The van der Waals surface area contributed by atoms with Crippen molar-refractivity contribution >= 4 is 11.6 Å². The minimum atomic E-state index is -0.372. The van der Waals surface area contributed by atoms with Crippen molar-refractivity contribution in [3.8, 4) is 0 Å². The predicted molar refractivity (Wildman–Crippen MR) is 111 cm³/mol. The summed E-state index contributed by atoms with van der Waals surface area (Å²) in [6.45, 7) is 2.04. The van der Waals surface area contributed by atoms with E-state index in [4.69, 9.17) is 4.84 Å². The molecule has 2 aliphatic rings. The Balaban J connectivity index is 1.21. The molecule has 7 nitrogen and oxygen atoms in total. The molecule has 1 aliphatic carbocycles. The van der Waals surface area contributed by atoms with E-state index in [-0.39, 0.29) is 35.1 Å². The van der Waals surface area contributed by atoms with E-state index in [1.807, 2.05) is 6.20 Å². The molecule has 3 aromatic heterocycles. The highest BCUT2D eigenvalue weighted by Gasteiger charge is 2.37. The van der Waals surface area contributed by atoms with Crippen LogP contribution in [0.15, 0.2) is 30.9 Å². The molecule has 1 aliphatic heterocycles. The summed E-state index contributed by atoms with van der Waals surface area (Å²) in [5.74, 6) is -0.525. The second-order valence-corrected chi connectivity index (χ2v) is 8.78. The molecule has 32 heavy (non-hydrogen) atoms. The van der Waals surface area contributed by atoms with Crippen molar-refractivity contribution in [2.75, 3.05) is 6.61 Å². The SMILES string of the molecule is Cc1ncc([C@@H]2CCON2C(=O)C2CCC(Cc3cc(F)c4ncnn4c3)CC2)cc1F.